The SMILES string of the molecule is CC(C)Oc1ccccc1N/C=C(/C#N)C(=O)NCc1ccco1. The quantitative estimate of drug-likeness (QED) is 0.603. The molecular weight excluding hydrogens is 306 g/mol. The van der Waals surface area contributed by atoms with E-state index in [0.29, 0.717) is 17.2 Å². The van der Waals surface area contributed by atoms with E-state index in [1.807, 2.05) is 44.2 Å². The van der Waals surface area contributed by atoms with Gasteiger partial charge in [-0.05, 0) is 38.1 Å². The summed E-state index contributed by atoms with van der Waals surface area (Å²) >= 11 is 0. The summed E-state index contributed by atoms with van der Waals surface area (Å²) in [6, 6.07) is 12.7. The summed E-state index contributed by atoms with van der Waals surface area (Å²) in [6.45, 7) is 4.07. The van der Waals surface area contributed by atoms with Crippen molar-refractivity contribution in [2.24, 2.45) is 0 Å². The third kappa shape index (κ3) is 4.92. The van der Waals surface area contributed by atoms with E-state index in [2.05, 4.69) is 10.6 Å². The largest absolute Gasteiger partial charge is 0.489 e. The maximum Gasteiger partial charge on any atom is 0.263 e. The Labute approximate surface area is 140 Å². The molecule has 124 valence electrons. The first-order valence-corrected chi connectivity index (χ1v) is 7.53. The minimum atomic E-state index is -0.483. The van der Waals surface area contributed by atoms with Gasteiger partial charge in [0.1, 0.15) is 23.2 Å². The van der Waals surface area contributed by atoms with E-state index >= 15 is 0 Å². The molecule has 0 fully saturated rings. The molecule has 0 aliphatic carbocycles. The molecule has 1 heterocycles. The number of para-hydroxylation sites is 2. The molecule has 1 aromatic carbocycles. The van der Waals surface area contributed by atoms with E-state index in [0.717, 1.165) is 0 Å². The number of nitriles is 1. The van der Waals surface area contributed by atoms with Crippen LogP contribution in [0.5, 0.6) is 5.75 Å². The number of benzene rings is 1. The maximum absolute atomic E-state index is 12.0. The second-order valence-corrected chi connectivity index (χ2v) is 5.24. The van der Waals surface area contributed by atoms with Crippen molar-refractivity contribution in [3.8, 4) is 11.8 Å². The minimum Gasteiger partial charge on any atom is -0.489 e. The van der Waals surface area contributed by atoms with Crippen LogP contribution in [0, 0.1) is 11.3 Å². The second kappa shape index (κ2) is 8.44. The van der Waals surface area contributed by atoms with E-state index in [4.69, 9.17) is 9.15 Å². The summed E-state index contributed by atoms with van der Waals surface area (Å²) in [5, 5.41) is 14.7. The first-order valence-electron chi connectivity index (χ1n) is 7.53. The summed E-state index contributed by atoms with van der Waals surface area (Å²) in [5.41, 5.74) is 0.638. The topological polar surface area (TPSA) is 87.3 Å². The number of amides is 1. The van der Waals surface area contributed by atoms with Crippen molar-refractivity contribution in [1.82, 2.24) is 5.32 Å². The van der Waals surface area contributed by atoms with Crippen LogP contribution in [0.15, 0.2) is 58.9 Å². The fourth-order valence-electron chi connectivity index (χ4n) is 1.92. The number of nitrogens with one attached hydrogen (secondary N) is 2. The molecule has 1 amide bonds. The van der Waals surface area contributed by atoms with Crippen LogP contribution in [0.2, 0.25) is 0 Å². The van der Waals surface area contributed by atoms with Crippen molar-refractivity contribution in [1.29, 1.82) is 5.26 Å². The van der Waals surface area contributed by atoms with E-state index in [1.54, 1.807) is 12.1 Å². The molecule has 0 bridgehead atoms. The molecule has 0 atom stereocenters. The molecule has 2 N–H and O–H groups in total. The number of nitrogens with zero attached hydrogens (tertiary/aromatic N) is 1. The van der Waals surface area contributed by atoms with E-state index < -0.39 is 5.91 Å². The van der Waals surface area contributed by atoms with Gasteiger partial charge in [0.15, 0.2) is 0 Å². The lowest BCUT2D eigenvalue weighted by atomic mass is 10.2. The van der Waals surface area contributed by atoms with Gasteiger partial charge in [0, 0.05) is 6.20 Å². The predicted molar refractivity (Wildman–Crippen MR) is 90.1 cm³/mol. The van der Waals surface area contributed by atoms with Gasteiger partial charge in [-0.3, -0.25) is 4.79 Å². The number of rotatable bonds is 7. The van der Waals surface area contributed by atoms with E-state index in [9.17, 15) is 10.1 Å². The lowest BCUT2D eigenvalue weighted by Gasteiger charge is -2.14. The van der Waals surface area contributed by atoms with Gasteiger partial charge in [-0.25, -0.2) is 0 Å². The standard InChI is InChI=1S/C18H19N3O3/c1-13(2)24-17-8-4-3-7-16(17)20-11-14(10-19)18(22)21-12-15-6-5-9-23-15/h3-9,11,13,20H,12H2,1-2H3,(H,21,22)/b14-11-. The summed E-state index contributed by atoms with van der Waals surface area (Å²) in [6.07, 6.45) is 2.90. The molecule has 1 aromatic heterocycles. The molecule has 6 heteroatoms. The Kier molecular flexibility index (Phi) is 6.03. The maximum atomic E-state index is 12.0. The van der Waals surface area contributed by atoms with Gasteiger partial charge in [0.2, 0.25) is 0 Å². The molecule has 2 rings (SSSR count). The van der Waals surface area contributed by atoms with E-state index in [-0.39, 0.29) is 18.2 Å². The first-order chi connectivity index (χ1) is 11.6. The summed E-state index contributed by atoms with van der Waals surface area (Å²) < 4.78 is 10.8. The molecule has 0 saturated heterocycles. The number of anilines is 1. The van der Waals surface area contributed by atoms with Crippen LogP contribution < -0.4 is 15.4 Å². The molecule has 0 unspecified atom stereocenters. The Hall–Kier alpha value is -3.20. The van der Waals surface area contributed by atoms with Gasteiger partial charge in [-0.15, -0.1) is 0 Å². The highest BCUT2D eigenvalue weighted by Crippen LogP contribution is 2.25. The number of hydrogen-bond acceptors (Lipinski definition) is 5. The zero-order chi connectivity index (χ0) is 17.4. The van der Waals surface area contributed by atoms with Crippen molar-refractivity contribution in [3.63, 3.8) is 0 Å². The number of ether oxygens (including phenoxy) is 1. The second-order valence-electron chi connectivity index (χ2n) is 5.24. The van der Waals surface area contributed by atoms with Crippen molar-refractivity contribution in [3.05, 3.63) is 60.2 Å². The molecule has 0 spiro atoms. The Bertz CT molecular complexity index is 743. The van der Waals surface area contributed by atoms with Gasteiger partial charge < -0.3 is 19.8 Å². The minimum absolute atomic E-state index is 0.0176. The molecule has 2 aromatic rings. The van der Waals surface area contributed by atoms with Crippen molar-refractivity contribution < 1.29 is 13.9 Å². The lowest BCUT2D eigenvalue weighted by molar-refractivity contribution is -0.117. The van der Waals surface area contributed by atoms with Crippen molar-refractivity contribution >= 4 is 11.6 Å². The lowest BCUT2D eigenvalue weighted by Crippen LogP contribution is -2.24. The zero-order valence-corrected chi connectivity index (χ0v) is 13.6. The monoisotopic (exact) mass is 325 g/mol. The smallest absolute Gasteiger partial charge is 0.263 e. The zero-order valence-electron chi connectivity index (χ0n) is 13.6. The van der Waals surface area contributed by atoms with Crippen LogP contribution in [0.4, 0.5) is 5.69 Å². The summed E-state index contributed by atoms with van der Waals surface area (Å²) in [5.74, 6) is 0.782. The van der Waals surface area contributed by atoms with Crippen LogP contribution in [-0.2, 0) is 11.3 Å². The van der Waals surface area contributed by atoms with Crippen LogP contribution in [0.1, 0.15) is 19.6 Å². The summed E-state index contributed by atoms with van der Waals surface area (Å²) in [4.78, 5) is 12.0. The molecule has 0 aliphatic rings. The molecule has 0 radical (unpaired) electrons. The Morgan fingerprint density at radius 2 is 2.12 bits per heavy atom. The normalized spacial score (nSPS) is 11.0. The Morgan fingerprint density at radius 1 is 1.33 bits per heavy atom. The Morgan fingerprint density at radius 3 is 2.79 bits per heavy atom. The first kappa shape index (κ1) is 17.2. The highest BCUT2D eigenvalue weighted by molar-refractivity contribution is 5.97. The third-order valence-corrected chi connectivity index (χ3v) is 2.99. The Balaban J connectivity index is 2.03. The van der Waals surface area contributed by atoms with Crippen molar-refractivity contribution in [2.45, 2.75) is 26.5 Å². The molecule has 0 aliphatic heterocycles. The van der Waals surface area contributed by atoms with Gasteiger partial charge in [-0.1, -0.05) is 12.1 Å². The van der Waals surface area contributed by atoms with Crippen LogP contribution in [0.25, 0.3) is 0 Å². The number of carbonyl (C=O) groups excluding carboxylic acids is 1. The van der Waals surface area contributed by atoms with Gasteiger partial charge in [0.05, 0.1) is 24.6 Å². The number of hydrogen-bond donors (Lipinski definition) is 2. The average Bonchev–Trinajstić information content (AvgIpc) is 3.08. The highest BCUT2D eigenvalue weighted by Gasteiger charge is 2.10. The van der Waals surface area contributed by atoms with Gasteiger partial charge in [0.25, 0.3) is 5.91 Å². The molecular formula is C18H19N3O3. The van der Waals surface area contributed by atoms with Gasteiger partial charge in [-0.2, -0.15) is 5.26 Å². The number of furan rings is 1. The van der Waals surface area contributed by atoms with Crippen LogP contribution in [0.3, 0.4) is 0 Å². The van der Waals surface area contributed by atoms with E-state index in [1.165, 1.54) is 12.5 Å². The van der Waals surface area contributed by atoms with Crippen molar-refractivity contribution in [2.75, 3.05) is 5.32 Å². The highest BCUT2D eigenvalue weighted by atomic mass is 16.5. The average molecular weight is 325 g/mol. The fraction of sp³-hybridized carbons (Fsp3) is 0.222. The molecule has 6 nitrogen and oxygen atoms in total. The number of carbonyl (C=O) groups is 1. The fourth-order valence-corrected chi connectivity index (χ4v) is 1.92. The molecule has 0 saturated carbocycles. The molecule has 24 heavy (non-hydrogen) atoms. The van der Waals surface area contributed by atoms with Gasteiger partial charge >= 0.3 is 0 Å². The predicted octanol–water partition coefficient (Wildman–Crippen LogP) is 3.20. The van der Waals surface area contributed by atoms with Crippen LogP contribution >= 0.6 is 0 Å². The third-order valence-electron chi connectivity index (χ3n) is 2.99. The summed E-state index contributed by atoms with van der Waals surface area (Å²) in [7, 11) is 0. The van der Waals surface area contributed by atoms with Crippen LogP contribution in [-0.4, -0.2) is 12.0 Å².